The normalized spacial score (nSPS) is 17.1. The number of carboxylic acids is 1. The predicted octanol–water partition coefficient (Wildman–Crippen LogP) is 5.12. The Morgan fingerprint density at radius 3 is 2.37 bits per heavy atom. The van der Waals surface area contributed by atoms with Crippen LogP contribution in [0.1, 0.15) is 34.7 Å². The first-order chi connectivity index (χ1) is 16.9. The van der Waals surface area contributed by atoms with Gasteiger partial charge in [0.2, 0.25) is 0 Å². The fraction of sp³-hybridized carbons (Fsp3) is 0.192. The molecule has 1 aliphatic heterocycles. The number of para-hydroxylation sites is 1. The van der Waals surface area contributed by atoms with E-state index in [2.05, 4.69) is 4.72 Å². The Morgan fingerprint density at radius 1 is 1.03 bits per heavy atom. The van der Waals surface area contributed by atoms with Crippen molar-refractivity contribution in [1.82, 2.24) is 4.72 Å². The summed E-state index contributed by atoms with van der Waals surface area (Å²) < 4.78 is 40.8. The molecule has 0 unspecified atom stereocenters. The quantitative estimate of drug-likeness (QED) is 0.388. The first-order valence-electron chi connectivity index (χ1n) is 11.3. The molecule has 1 aromatic heterocycles. The van der Waals surface area contributed by atoms with Crippen molar-refractivity contribution in [2.75, 3.05) is 17.4 Å². The SMILES string of the molecule is O=C(O)c1c(-c2ccc(Oc3ccccc3)cc2)oc2cc(N3CCNS3(=O)=O)c(C3CC3)cc12. The molecule has 1 saturated carbocycles. The highest BCUT2D eigenvalue weighted by Gasteiger charge is 2.36. The van der Waals surface area contributed by atoms with E-state index in [0.29, 0.717) is 46.8 Å². The lowest BCUT2D eigenvalue weighted by Crippen LogP contribution is -2.30. The average Bonchev–Trinajstić information content (AvgIpc) is 3.53. The molecule has 0 atom stereocenters. The van der Waals surface area contributed by atoms with E-state index in [4.69, 9.17) is 9.15 Å². The number of benzene rings is 3. The maximum Gasteiger partial charge on any atom is 0.340 e. The molecule has 0 radical (unpaired) electrons. The van der Waals surface area contributed by atoms with Gasteiger partial charge in [-0.25, -0.2) is 4.79 Å². The number of hydrogen-bond donors (Lipinski definition) is 2. The molecule has 2 aliphatic rings. The smallest absolute Gasteiger partial charge is 0.340 e. The van der Waals surface area contributed by atoms with Crippen LogP contribution in [0.2, 0.25) is 0 Å². The van der Waals surface area contributed by atoms with Crippen LogP contribution < -0.4 is 13.8 Å². The molecule has 178 valence electrons. The van der Waals surface area contributed by atoms with E-state index in [1.807, 2.05) is 30.3 Å². The van der Waals surface area contributed by atoms with Crippen molar-refractivity contribution in [3.8, 4) is 22.8 Å². The number of carbonyl (C=O) groups is 1. The number of hydrogen-bond acceptors (Lipinski definition) is 5. The average molecular weight is 491 g/mol. The first kappa shape index (κ1) is 21.7. The van der Waals surface area contributed by atoms with Crippen LogP contribution in [-0.2, 0) is 10.2 Å². The number of rotatable bonds is 6. The molecule has 2 fully saturated rings. The standard InChI is InChI=1S/C26H22N2O6S/c29-26(30)24-21-14-20(16-6-7-16)22(28-13-12-27-35(28,31)32)15-23(21)34-25(24)17-8-10-19(11-9-17)33-18-4-2-1-3-5-18/h1-5,8-11,14-16,27H,6-7,12-13H2,(H,29,30). The predicted molar refractivity (Wildman–Crippen MR) is 131 cm³/mol. The molecule has 0 bridgehead atoms. The molecule has 1 saturated heterocycles. The van der Waals surface area contributed by atoms with Gasteiger partial charge in [0.15, 0.2) is 0 Å². The van der Waals surface area contributed by atoms with Crippen LogP contribution in [0.15, 0.2) is 71.1 Å². The fourth-order valence-electron chi connectivity index (χ4n) is 4.53. The van der Waals surface area contributed by atoms with Gasteiger partial charge in [0.25, 0.3) is 0 Å². The minimum absolute atomic E-state index is 0.0626. The largest absolute Gasteiger partial charge is 0.478 e. The second kappa shape index (κ2) is 8.14. The molecular weight excluding hydrogens is 468 g/mol. The summed E-state index contributed by atoms with van der Waals surface area (Å²) in [7, 11) is -3.63. The zero-order chi connectivity index (χ0) is 24.2. The van der Waals surface area contributed by atoms with Gasteiger partial charge in [0.05, 0.1) is 5.69 Å². The van der Waals surface area contributed by atoms with E-state index in [1.165, 1.54) is 4.31 Å². The number of carboxylic acid groups (broad SMARTS) is 1. The Morgan fingerprint density at radius 2 is 1.74 bits per heavy atom. The van der Waals surface area contributed by atoms with Gasteiger partial charge < -0.3 is 14.3 Å². The zero-order valence-corrected chi connectivity index (χ0v) is 19.4. The van der Waals surface area contributed by atoms with E-state index in [1.54, 1.807) is 36.4 Å². The lowest BCUT2D eigenvalue weighted by atomic mass is 10.0. The Balaban J connectivity index is 1.44. The molecule has 4 aromatic rings. The van der Waals surface area contributed by atoms with Crippen molar-refractivity contribution in [1.29, 1.82) is 0 Å². The number of ether oxygens (including phenoxy) is 1. The van der Waals surface area contributed by atoms with Crippen LogP contribution in [0.4, 0.5) is 5.69 Å². The Bertz CT molecular complexity index is 1540. The number of anilines is 1. The van der Waals surface area contributed by atoms with Crippen molar-refractivity contribution in [3.05, 3.63) is 77.9 Å². The second-order valence-corrected chi connectivity index (χ2v) is 10.4. The summed E-state index contributed by atoms with van der Waals surface area (Å²) in [5, 5.41) is 10.5. The van der Waals surface area contributed by atoms with Gasteiger partial charge in [-0.05, 0) is 66.8 Å². The van der Waals surface area contributed by atoms with Crippen LogP contribution in [0, 0.1) is 0 Å². The van der Waals surface area contributed by atoms with Crippen molar-refractivity contribution < 1.29 is 27.5 Å². The Kier molecular flexibility index (Phi) is 5.05. The Hall–Kier alpha value is -3.82. The lowest BCUT2D eigenvalue weighted by Gasteiger charge is -2.19. The van der Waals surface area contributed by atoms with Gasteiger partial charge in [-0.1, -0.05) is 18.2 Å². The summed E-state index contributed by atoms with van der Waals surface area (Å²) in [6.07, 6.45) is 1.88. The topological polar surface area (TPSA) is 109 Å². The molecule has 0 spiro atoms. The summed E-state index contributed by atoms with van der Waals surface area (Å²) in [5.74, 6) is 0.632. The molecule has 35 heavy (non-hydrogen) atoms. The zero-order valence-electron chi connectivity index (χ0n) is 18.6. The van der Waals surface area contributed by atoms with Crippen molar-refractivity contribution in [3.63, 3.8) is 0 Å². The summed E-state index contributed by atoms with van der Waals surface area (Å²) in [6.45, 7) is 0.640. The van der Waals surface area contributed by atoms with E-state index in [-0.39, 0.29) is 17.2 Å². The van der Waals surface area contributed by atoms with Crippen molar-refractivity contribution in [2.24, 2.45) is 0 Å². The monoisotopic (exact) mass is 490 g/mol. The molecule has 8 nitrogen and oxygen atoms in total. The summed E-state index contributed by atoms with van der Waals surface area (Å²) in [5.41, 5.74) is 2.38. The number of nitrogens with one attached hydrogen (secondary N) is 1. The number of aromatic carboxylic acids is 1. The van der Waals surface area contributed by atoms with Crippen molar-refractivity contribution in [2.45, 2.75) is 18.8 Å². The third kappa shape index (κ3) is 3.92. The molecule has 6 rings (SSSR count). The third-order valence-corrected chi connectivity index (χ3v) is 7.85. The van der Waals surface area contributed by atoms with Gasteiger partial charge >= 0.3 is 16.2 Å². The number of nitrogens with zero attached hydrogens (tertiary/aromatic N) is 1. The molecule has 1 aliphatic carbocycles. The third-order valence-electron chi connectivity index (χ3n) is 6.32. The summed E-state index contributed by atoms with van der Waals surface area (Å²) >= 11 is 0. The lowest BCUT2D eigenvalue weighted by molar-refractivity contribution is 0.0699. The molecule has 9 heteroatoms. The minimum Gasteiger partial charge on any atom is -0.478 e. The maximum atomic E-state index is 12.5. The molecule has 2 N–H and O–H groups in total. The highest BCUT2D eigenvalue weighted by atomic mass is 32.2. The Labute approximate surface area is 201 Å². The molecule has 0 amide bonds. The van der Waals surface area contributed by atoms with Gasteiger partial charge in [-0.3, -0.25) is 4.31 Å². The van der Waals surface area contributed by atoms with Crippen LogP contribution in [0.5, 0.6) is 11.5 Å². The van der Waals surface area contributed by atoms with E-state index in [0.717, 1.165) is 18.4 Å². The van der Waals surface area contributed by atoms with Crippen LogP contribution in [-0.4, -0.2) is 32.6 Å². The van der Waals surface area contributed by atoms with E-state index < -0.39 is 16.2 Å². The molecular formula is C26H22N2O6S. The van der Waals surface area contributed by atoms with E-state index in [9.17, 15) is 18.3 Å². The van der Waals surface area contributed by atoms with Crippen LogP contribution in [0.3, 0.4) is 0 Å². The highest BCUT2D eigenvalue weighted by molar-refractivity contribution is 7.91. The maximum absolute atomic E-state index is 12.5. The highest BCUT2D eigenvalue weighted by Crippen LogP contribution is 2.48. The van der Waals surface area contributed by atoms with E-state index >= 15 is 0 Å². The molecule has 3 aromatic carbocycles. The van der Waals surface area contributed by atoms with Crippen LogP contribution >= 0.6 is 0 Å². The first-order valence-corrected chi connectivity index (χ1v) is 12.8. The van der Waals surface area contributed by atoms with Gasteiger partial charge in [0.1, 0.15) is 28.4 Å². The number of fused-ring (bicyclic) bond motifs is 1. The van der Waals surface area contributed by atoms with Gasteiger partial charge in [-0.2, -0.15) is 13.1 Å². The van der Waals surface area contributed by atoms with Crippen molar-refractivity contribution >= 4 is 32.8 Å². The molecule has 2 heterocycles. The van der Waals surface area contributed by atoms with Crippen LogP contribution in [0.25, 0.3) is 22.3 Å². The summed E-state index contributed by atoms with van der Waals surface area (Å²) in [6, 6.07) is 19.8. The van der Waals surface area contributed by atoms with Gasteiger partial charge in [-0.15, -0.1) is 0 Å². The second-order valence-electron chi connectivity index (χ2n) is 8.70. The summed E-state index contributed by atoms with van der Waals surface area (Å²) in [4.78, 5) is 12.3. The fourth-order valence-corrected chi connectivity index (χ4v) is 5.78. The minimum atomic E-state index is -3.63. The van der Waals surface area contributed by atoms with Gasteiger partial charge in [0, 0.05) is 30.1 Å². The number of furan rings is 1.